The molecular weight excluding hydrogens is 1280 g/mol. The number of fused-ring (bicyclic) bond motifs is 6. The van der Waals surface area contributed by atoms with Crippen LogP contribution in [0.15, 0.2) is 226 Å². The zero-order valence-electron chi connectivity index (χ0n) is 53.9. The van der Waals surface area contributed by atoms with Gasteiger partial charge < -0.3 is 63.2 Å². The van der Waals surface area contributed by atoms with E-state index >= 15 is 0 Å². The van der Waals surface area contributed by atoms with Gasteiger partial charge in [-0.2, -0.15) is 0 Å². The van der Waals surface area contributed by atoms with Crippen LogP contribution in [0, 0.1) is 0 Å². The van der Waals surface area contributed by atoms with Crippen molar-refractivity contribution >= 4 is 89.7 Å². The number of nitrogens with zero attached hydrogens (tertiary/aromatic N) is 4. The zero-order valence-corrected chi connectivity index (χ0v) is 53.9. The molecule has 21 nitrogen and oxygen atoms in total. The van der Waals surface area contributed by atoms with Gasteiger partial charge in [0.2, 0.25) is 0 Å². The molecule has 0 saturated carbocycles. The molecule has 0 spiro atoms. The van der Waals surface area contributed by atoms with E-state index in [0.717, 1.165) is 70.1 Å². The Kier molecular flexibility index (Phi) is 20.2. The second kappa shape index (κ2) is 29.5. The summed E-state index contributed by atoms with van der Waals surface area (Å²) in [7, 11) is 8.32. The maximum Gasteiger partial charge on any atom is 0.573 e. The first-order valence-corrected chi connectivity index (χ1v) is 30.9. The van der Waals surface area contributed by atoms with E-state index in [2.05, 4.69) is 26.0 Å². The van der Waals surface area contributed by atoms with Crippen LogP contribution < -0.4 is 67.2 Å². The summed E-state index contributed by atoms with van der Waals surface area (Å²) in [5.41, 5.74) is 6.27. The van der Waals surface area contributed by atoms with Crippen molar-refractivity contribution in [3.05, 3.63) is 276 Å². The van der Waals surface area contributed by atoms with Gasteiger partial charge in [0.15, 0.2) is 11.5 Å². The van der Waals surface area contributed by atoms with Gasteiger partial charge >= 0.3 is 6.36 Å². The van der Waals surface area contributed by atoms with Crippen molar-refractivity contribution in [3.63, 3.8) is 0 Å². The van der Waals surface area contributed by atoms with Crippen molar-refractivity contribution < 1.29 is 56.0 Å². The third-order valence-electron chi connectivity index (χ3n) is 16.2. The van der Waals surface area contributed by atoms with Gasteiger partial charge in [-0.05, 0) is 176 Å². The van der Waals surface area contributed by atoms with Crippen molar-refractivity contribution in [2.75, 3.05) is 48.2 Å². The molecule has 4 N–H and O–H groups in total. The number of alkyl halides is 3. The molecule has 0 fully saturated rings. The molecule has 2 aliphatic rings. The summed E-state index contributed by atoms with van der Waals surface area (Å²) in [5.74, 6) is 1.17. The Bertz CT molecular complexity index is 5190. The fraction of sp³-hybridized carbons (Fsp3) is 0.147. The first kappa shape index (κ1) is 67.7. The van der Waals surface area contributed by atoms with Crippen LogP contribution in [0.1, 0.15) is 53.4 Å². The lowest BCUT2D eigenvalue weighted by Gasteiger charge is -2.18. The highest BCUT2D eigenvalue weighted by molar-refractivity contribution is 6.12. The van der Waals surface area contributed by atoms with Gasteiger partial charge in [-0.25, -0.2) is 0 Å². The molecule has 4 amide bonds. The van der Waals surface area contributed by atoms with Crippen LogP contribution in [0.4, 0.5) is 35.9 Å². The first-order chi connectivity index (χ1) is 47.6. The van der Waals surface area contributed by atoms with Crippen molar-refractivity contribution in [1.82, 2.24) is 18.3 Å². The molecule has 0 saturated heterocycles. The number of carbonyl (C=O) groups excluding carboxylic acids is 4. The summed E-state index contributed by atoms with van der Waals surface area (Å²) in [4.78, 5) is 97.9. The minimum absolute atomic E-state index is 0.0781. The third kappa shape index (κ3) is 15.7. The predicted octanol–water partition coefficient (Wildman–Crippen LogP) is 12.2. The lowest BCUT2D eigenvalue weighted by molar-refractivity contribution is -0.274. The fourth-order valence-corrected chi connectivity index (χ4v) is 11.0. The van der Waals surface area contributed by atoms with Crippen molar-refractivity contribution in [2.45, 2.75) is 19.2 Å². The van der Waals surface area contributed by atoms with Crippen LogP contribution in [-0.2, 0) is 34.6 Å². The maximum atomic E-state index is 12.7. The molecular formula is C75H63F3N8O13. The molecule has 6 heterocycles. The van der Waals surface area contributed by atoms with Crippen LogP contribution in [-0.4, -0.2) is 75.2 Å². The Morgan fingerprint density at radius 3 is 1.29 bits per heavy atom. The van der Waals surface area contributed by atoms with Gasteiger partial charge in [0.1, 0.15) is 30.5 Å². The third-order valence-corrected chi connectivity index (χ3v) is 16.2. The number of anilines is 4. The number of nitrogens with one attached hydrogen (secondary N) is 4. The van der Waals surface area contributed by atoms with Crippen molar-refractivity contribution in [1.29, 1.82) is 0 Å². The number of hydrogen-bond acceptors (Lipinski definition) is 13. The molecule has 502 valence electrons. The van der Waals surface area contributed by atoms with E-state index in [1.807, 2.05) is 48.5 Å². The lowest BCUT2D eigenvalue weighted by Crippen LogP contribution is -2.18. The molecule has 0 radical (unpaired) electrons. The van der Waals surface area contributed by atoms with Gasteiger partial charge in [0, 0.05) is 119 Å². The quantitative estimate of drug-likeness (QED) is 0.0995. The minimum Gasteiger partial charge on any atom is -0.497 e. The Balaban J connectivity index is 0.000000133. The van der Waals surface area contributed by atoms with E-state index in [1.54, 1.807) is 166 Å². The van der Waals surface area contributed by atoms with Crippen LogP contribution in [0.2, 0.25) is 0 Å². The van der Waals surface area contributed by atoms with Crippen molar-refractivity contribution in [2.24, 2.45) is 28.2 Å². The summed E-state index contributed by atoms with van der Waals surface area (Å²) in [6, 6.07) is 53.2. The number of aryl methyl sites for hydroxylation is 5. The number of carbonyl (C=O) groups is 4. The molecule has 12 aromatic rings. The SMILES string of the molecule is COc1ccc(C(=O)Nc2cccc3c(=O)n(C)ccc23)cc1.Cn1c(=O)ccc2c(NC(=O)c3ccc4c(c3)CCCO4)cccc21.Cn1c(=O)ccc2c(NC(=O)c3ccc4c(c3)OCCO4)cccc21.Cn1ccc2c(NC(=O)c3ccc(OC(F)(F)F)cc3)cccc2c1=O. The van der Waals surface area contributed by atoms with E-state index in [-0.39, 0.29) is 45.5 Å². The van der Waals surface area contributed by atoms with E-state index in [4.69, 9.17) is 18.9 Å². The number of ether oxygens (including phenoxy) is 5. The summed E-state index contributed by atoms with van der Waals surface area (Å²) < 4.78 is 68.0. The van der Waals surface area contributed by atoms with Crippen molar-refractivity contribution in [3.8, 4) is 28.7 Å². The van der Waals surface area contributed by atoms with E-state index in [9.17, 15) is 51.5 Å². The summed E-state index contributed by atoms with van der Waals surface area (Å²) in [6.45, 7) is 1.70. The largest absolute Gasteiger partial charge is 0.573 e. The number of methoxy groups -OCH3 is 1. The Morgan fingerprint density at radius 1 is 0.414 bits per heavy atom. The highest BCUT2D eigenvalue weighted by Crippen LogP contribution is 2.33. The molecule has 8 aromatic carbocycles. The molecule has 0 bridgehead atoms. The van der Waals surface area contributed by atoms with E-state index in [0.29, 0.717) is 86.1 Å². The average molecular weight is 1340 g/mol. The fourth-order valence-electron chi connectivity index (χ4n) is 11.0. The maximum absolute atomic E-state index is 12.7. The van der Waals surface area contributed by atoms with E-state index in [1.165, 1.54) is 33.4 Å². The molecule has 24 heteroatoms. The molecule has 99 heavy (non-hydrogen) atoms. The number of pyridine rings is 4. The molecule has 0 aliphatic carbocycles. The monoisotopic (exact) mass is 1340 g/mol. The lowest BCUT2D eigenvalue weighted by atomic mass is 10.0. The van der Waals surface area contributed by atoms with Gasteiger partial charge in [-0.1, -0.05) is 24.3 Å². The zero-order chi connectivity index (χ0) is 70.1. The molecule has 14 rings (SSSR count). The van der Waals surface area contributed by atoms with E-state index < -0.39 is 18.0 Å². The highest BCUT2D eigenvalue weighted by atomic mass is 19.4. The number of amides is 4. The van der Waals surface area contributed by atoms with Gasteiger partial charge in [-0.15, -0.1) is 13.2 Å². The molecule has 0 atom stereocenters. The number of hydrogen-bond donors (Lipinski definition) is 4. The predicted molar refractivity (Wildman–Crippen MR) is 372 cm³/mol. The first-order valence-electron chi connectivity index (χ1n) is 30.9. The normalized spacial score (nSPS) is 12.0. The highest BCUT2D eigenvalue weighted by Gasteiger charge is 2.31. The number of aromatic nitrogens is 4. The van der Waals surface area contributed by atoms with Gasteiger partial charge in [0.25, 0.3) is 45.9 Å². The average Bonchev–Trinajstić information content (AvgIpc) is 0.815. The minimum atomic E-state index is -4.79. The number of rotatable bonds is 10. The van der Waals surface area contributed by atoms with Crippen LogP contribution >= 0.6 is 0 Å². The Hall–Kier alpha value is -12.7. The van der Waals surface area contributed by atoms with Gasteiger partial charge in [0.05, 0.1) is 36.1 Å². The molecule has 0 unspecified atom stereocenters. The number of halogens is 3. The number of benzene rings is 8. The molecule has 2 aliphatic heterocycles. The topological polar surface area (TPSA) is 251 Å². The Morgan fingerprint density at radius 2 is 0.818 bits per heavy atom. The summed E-state index contributed by atoms with van der Waals surface area (Å²) in [6.07, 6.45) is 0.373. The second-order valence-corrected chi connectivity index (χ2v) is 22.7. The summed E-state index contributed by atoms with van der Waals surface area (Å²) >= 11 is 0. The van der Waals surface area contributed by atoms with Crippen LogP contribution in [0.25, 0.3) is 43.4 Å². The standard InChI is InChI=1S/C20H18N2O3.C19H16N2O4.C18H13F3N2O3.C18H16N2O3/c1-22-17-6-2-5-16(15(17)8-10-19(22)23)21-20(24)14-7-9-18-13(12-14)4-3-11-25-18;1-21-15-4-2-3-14(13(15)6-8-18(21)22)20-19(23)12-5-7-16-17(11-12)25-10-9-24-16;1-23-10-9-13-14(17(23)25)3-2-4-15(13)22-16(24)11-5-7-12(8-6-11)26-18(19,20)21;1-20-11-10-14-15(18(20)22)4-3-5-16(14)19-17(21)12-6-8-13(23-2)9-7-12/h2,5-10,12H,3-4,11H2,1H3,(H,21,24);2-8,11H,9-10H2,1H3,(H,20,23);2-10H,1H3,(H,22,24);3-11H,1-2H3,(H,19,21). The van der Waals surface area contributed by atoms with Gasteiger partial charge in [-0.3, -0.25) is 38.4 Å². The second-order valence-electron chi connectivity index (χ2n) is 22.7. The van der Waals surface area contributed by atoms with Crippen LogP contribution in [0.3, 0.4) is 0 Å². The smallest absolute Gasteiger partial charge is 0.497 e. The van der Waals surface area contributed by atoms with Crippen LogP contribution in [0.5, 0.6) is 28.7 Å². The Labute approximate surface area is 561 Å². The summed E-state index contributed by atoms with van der Waals surface area (Å²) in [5, 5.41) is 15.3. The molecule has 4 aromatic heterocycles.